The zero-order valence-electron chi connectivity index (χ0n) is 11.0. The molecule has 0 heterocycles. The quantitative estimate of drug-likeness (QED) is 0.811. The van der Waals surface area contributed by atoms with Crippen molar-refractivity contribution in [2.45, 2.75) is 25.3 Å². The van der Waals surface area contributed by atoms with Crippen LogP contribution in [0.1, 0.15) is 30.0 Å². The summed E-state index contributed by atoms with van der Waals surface area (Å²) in [5.41, 5.74) is 8.44. The number of benzene rings is 2. The molecule has 20 heavy (non-hydrogen) atoms. The summed E-state index contributed by atoms with van der Waals surface area (Å²) in [5, 5.41) is 3.18. The van der Waals surface area contributed by atoms with Crippen LogP contribution in [0.4, 0.5) is 20.2 Å². The van der Waals surface area contributed by atoms with E-state index in [1.54, 1.807) is 0 Å². The molecular formula is C16H16F2N2. The molecule has 0 aromatic heterocycles. The van der Waals surface area contributed by atoms with Crippen LogP contribution in [0.5, 0.6) is 0 Å². The number of aryl methyl sites for hydroxylation is 1. The number of hydrogen-bond acceptors (Lipinski definition) is 2. The second kappa shape index (κ2) is 5.12. The Morgan fingerprint density at radius 2 is 1.95 bits per heavy atom. The fourth-order valence-corrected chi connectivity index (χ4v) is 2.80. The molecule has 1 aliphatic carbocycles. The van der Waals surface area contributed by atoms with Gasteiger partial charge in [0, 0.05) is 6.07 Å². The standard InChI is InChI=1S/C16H16F2N2/c17-11-8-13(18)16(19)15(9-11)20-14-7-3-5-10-4-1-2-6-12(10)14/h1-2,4,6,8-9,14,20H,3,5,7,19H2. The van der Waals surface area contributed by atoms with Gasteiger partial charge in [-0.05, 0) is 36.5 Å². The first-order valence-corrected chi connectivity index (χ1v) is 6.74. The molecule has 1 aliphatic rings. The highest BCUT2D eigenvalue weighted by atomic mass is 19.1. The number of anilines is 2. The van der Waals surface area contributed by atoms with Crippen LogP contribution in [0.15, 0.2) is 36.4 Å². The molecule has 0 saturated carbocycles. The van der Waals surface area contributed by atoms with Gasteiger partial charge in [0.05, 0.1) is 17.4 Å². The van der Waals surface area contributed by atoms with E-state index in [9.17, 15) is 8.78 Å². The SMILES string of the molecule is Nc1c(F)cc(F)cc1NC1CCCc2ccccc21. The van der Waals surface area contributed by atoms with E-state index in [1.165, 1.54) is 17.2 Å². The Hall–Kier alpha value is -2.10. The van der Waals surface area contributed by atoms with Crippen molar-refractivity contribution < 1.29 is 8.78 Å². The average Bonchev–Trinajstić information content (AvgIpc) is 2.44. The number of nitrogens with one attached hydrogen (secondary N) is 1. The van der Waals surface area contributed by atoms with Crippen LogP contribution in [-0.2, 0) is 6.42 Å². The molecule has 0 fully saturated rings. The Morgan fingerprint density at radius 3 is 2.80 bits per heavy atom. The molecule has 2 nitrogen and oxygen atoms in total. The monoisotopic (exact) mass is 274 g/mol. The molecule has 2 aromatic carbocycles. The predicted octanol–water partition coefficient (Wildman–Crippen LogP) is 4.04. The van der Waals surface area contributed by atoms with E-state index in [2.05, 4.69) is 17.4 Å². The highest BCUT2D eigenvalue weighted by molar-refractivity contribution is 5.67. The first kappa shape index (κ1) is 12.9. The molecule has 0 bridgehead atoms. The van der Waals surface area contributed by atoms with Gasteiger partial charge in [0.15, 0.2) is 5.82 Å². The van der Waals surface area contributed by atoms with Crippen LogP contribution in [0.2, 0.25) is 0 Å². The zero-order chi connectivity index (χ0) is 14.1. The van der Waals surface area contributed by atoms with E-state index < -0.39 is 11.6 Å². The number of rotatable bonds is 2. The Labute approximate surface area is 116 Å². The molecule has 0 aliphatic heterocycles. The summed E-state index contributed by atoms with van der Waals surface area (Å²) in [6.07, 6.45) is 3.02. The van der Waals surface area contributed by atoms with Gasteiger partial charge in [-0.25, -0.2) is 8.78 Å². The van der Waals surface area contributed by atoms with Gasteiger partial charge in [-0.15, -0.1) is 0 Å². The normalized spacial score (nSPS) is 17.6. The molecule has 4 heteroatoms. The second-order valence-electron chi connectivity index (χ2n) is 5.14. The topological polar surface area (TPSA) is 38.0 Å². The third kappa shape index (κ3) is 2.33. The van der Waals surface area contributed by atoms with Crippen LogP contribution in [-0.4, -0.2) is 0 Å². The highest BCUT2D eigenvalue weighted by Gasteiger charge is 2.21. The van der Waals surface area contributed by atoms with Crippen molar-refractivity contribution in [1.82, 2.24) is 0 Å². The van der Waals surface area contributed by atoms with Crippen molar-refractivity contribution in [3.05, 3.63) is 59.2 Å². The van der Waals surface area contributed by atoms with Gasteiger partial charge in [0.1, 0.15) is 5.82 Å². The maximum Gasteiger partial charge on any atom is 0.151 e. The second-order valence-corrected chi connectivity index (χ2v) is 5.14. The highest BCUT2D eigenvalue weighted by Crippen LogP contribution is 2.34. The lowest BCUT2D eigenvalue weighted by Crippen LogP contribution is -2.18. The van der Waals surface area contributed by atoms with Crippen LogP contribution < -0.4 is 11.1 Å². The summed E-state index contributed by atoms with van der Waals surface area (Å²) in [4.78, 5) is 0. The van der Waals surface area contributed by atoms with Gasteiger partial charge in [-0.1, -0.05) is 24.3 Å². The third-order valence-corrected chi connectivity index (χ3v) is 3.79. The van der Waals surface area contributed by atoms with E-state index in [0.717, 1.165) is 25.3 Å². The molecule has 1 unspecified atom stereocenters. The Bertz CT molecular complexity index is 640. The molecule has 3 rings (SSSR count). The fraction of sp³-hybridized carbons (Fsp3) is 0.250. The average molecular weight is 274 g/mol. The van der Waals surface area contributed by atoms with Gasteiger partial charge >= 0.3 is 0 Å². The maximum atomic E-state index is 13.5. The number of hydrogen-bond donors (Lipinski definition) is 2. The minimum Gasteiger partial charge on any atom is -0.395 e. The summed E-state index contributed by atoms with van der Waals surface area (Å²) in [5.74, 6) is -1.35. The van der Waals surface area contributed by atoms with Crippen LogP contribution >= 0.6 is 0 Å². The van der Waals surface area contributed by atoms with Crippen LogP contribution in [0.25, 0.3) is 0 Å². The summed E-state index contributed by atoms with van der Waals surface area (Å²) >= 11 is 0. The summed E-state index contributed by atoms with van der Waals surface area (Å²) in [7, 11) is 0. The van der Waals surface area contributed by atoms with E-state index >= 15 is 0 Å². The molecule has 0 spiro atoms. The number of nitrogen functional groups attached to an aromatic ring is 1. The first-order valence-electron chi connectivity index (χ1n) is 6.74. The molecule has 2 aromatic rings. The van der Waals surface area contributed by atoms with Crippen molar-refractivity contribution in [3.63, 3.8) is 0 Å². The molecular weight excluding hydrogens is 258 g/mol. The first-order chi connectivity index (χ1) is 9.65. The predicted molar refractivity (Wildman–Crippen MR) is 76.5 cm³/mol. The van der Waals surface area contributed by atoms with Crippen molar-refractivity contribution in [2.24, 2.45) is 0 Å². The van der Waals surface area contributed by atoms with Crippen LogP contribution in [0, 0.1) is 11.6 Å². The van der Waals surface area contributed by atoms with Gasteiger partial charge in [-0.2, -0.15) is 0 Å². The Balaban J connectivity index is 1.93. The van der Waals surface area contributed by atoms with Crippen molar-refractivity contribution in [1.29, 1.82) is 0 Å². The van der Waals surface area contributed by atoms with E-state index in [4.69, 9.17) is 5.73 Å². The third-order valence-electron chi connectivity index (χ3n) is 3.79. The molecule has 0 saturated heterocycles. The summed E-state index contributed by atoms with van der Waals surface area (Å²) < 4.78 is 26.8. The van der Waals surface area contributed by atoms with Gasteiger partial charge in [-0.3, -0.25) is 0 Å². The minimum absolute atomic E-state index is 0.0329. The lowest BCUT2D eigenvalue weighted by molar-refractivity contribution is 0.581. The number of halogens is 2. The lowest BCUT2D eigenvalue weighted by Gasteiger charge is -2.27. The largest absolute Gasteiger partial charge is 0.395 e. The number of nitrogens with two attached hydrogens (primary N) is 1. The Kier molecular flexibility index (Phi) is 3.30. The minimum atomic E-state index is -0.725. The lowest BCUT2D eigenvalue weighted by atomic mass is 9.87. The number of fused-ring (bicyclic) bond motifs is 1. The molecule has 0 amide bonds. The summed E-state index contributed by atoms with van der Waals surface area (Å²) in [6, 6.07) is 10.2. The van der Waals surface area contributed by atoms with Crippen molar-refractivity contribution >= 4 is 11.4 Å². The van der Waals surface area contributed by atoms with Gasteiger partial charge < -0.3 is 11.1 Å². The summed E-state index contributed by atoms with van der Waals surface area (Å²) in [6.45, 7) is 0. The van der Waals surface area contributed by atoms with Crippen molar-refractivity contribution in [2.75, 3.05) is 11.1 Å². The van der Waals surface area contributed by atoms with E-state index in [1.807, 2.05) is 12.1 Å². The molecule has 0 radical (unpaired) electrons. The van der Waals surface area contributed by atoms with Crippen LogP contribution in [0.3, 0.4) is 0 Å². The molecule has 3 N–H and O–H groups in total. The van der Waals surface area contributed by atoms with E-state index in [-0.39, 0.29) is 11.7 Å². The fourth-order valence-electron chi connectivity index (χ4n) is 2.80. The zero-order valence-corrected chi connectivity index (χ0v) is 11.0. The van der Waals surface area contributed by atoms with Crippen molar-refractivity contribution in [3.8, 4) is 0 Å². The smallest absolute Gasteiger partial charge is 0.151 e. The van der Waals surface area contributed by atoms with Gasteiger partial charge in [0.2, 0.25) is 0 Å². The van der Waals surface area contributed by atoms with E-state index in [0.29, 0.717) is 5.69 Å². The van der Waals surface area contributed by atoms with Gasteiger partial charge in [0.25, 0.3) is 0 Å². The maximum absolute atomic E-state index is 13.5. The molecule has 1 atom stereocenters. The molecule has 104 valence electrons. The Morgan fingerprint density at radius 1 is 1.15 bits per heavy atom.